The maximum atomic E-state index is 13.0. The van der Waals surface area contributed by atoms with Gasteiger partial charge in [-0.1, -0.05) is 55.0 Å². The van der Waals surface area contributed by atoms with Gasteiger partial charge in [-0.3, -0.25) is 9.59 Å². The van der Waals surface area contributed by atoms with Crippen molar-refractivity contribution in [1.82, 2.24) is 20.1 Å². The number of H-pyrrole nitrogens is 1. The Labute approximate surface area is 277 Å². The Bertz CT molecular complexity index is 1470. The van der Waals surface area contributed by atoms with Crippen molar-refractivity contribution in [3.8, 4) is 5.75 Å². The number of nitrogens with zero attached hydrogens (tertiary/aromatic N) is 2. The zero-order chi connectivity index (χ0) is 33.9. The van der Waals surface area contributed by atoms with Crippen molar-refractivity contribution in [2.75, 3.05) is 59.0 Å². The molecule has 0 bridgehead atoms. The first-order valence-corrected chi connectivity index (χ1v) is 16.2. The molecule has 0 radical (unpaired) electrons. The number of halogens is 1. The molecule has 2 aromatic carbocycles. The number of carboxylic acids is 2. The van der Waals surface area contributed by atoms with E-state index in [0.717, 1.165) is 59.6 Å². The number of amides is 1. The lowest BCUT2D eigenvalue weighted by atomic mass is 10.1. The van der Waals surface area contributed by atoms with Gasteiger partial charge in [-0.15, -0.1) is 0 Å². The molecule has 0 aliphatic heterocycles. The molecule has 1 heterocycles. The highest BCUT2D eigenvalue weighted by molar-refractivity contribution is 7.16. The van der Waals surface area contributed by atoms with Gasteiger partial charge in [-0.25, -0.2) is 9.59 Å². The second kappa shape index (κ2) is 21.1. The summed E-state index contributed by atoms with van der Waals surface area (Å²) in [6.45, 7) is 10.6. The fourth-order valence-corrected chi connectivity index (χ4v) is 5.55. The fourth-order valence-electron chi connectivity index (χ4n) is 4.44. The van der Waals surface area contributed by atoms with E-state index in [0.29, 0.717) is 68.5 Å². The van der Waals surface area contributed by atoms with Crippen molar-refractivity contribution in [2.45, 2.75) is 33.1 Å². The average Bonchev–Trinajstić information content (AvgIpc) is 3.43. The van der Waals surface area contributed by atoms with Crippen LogP contribution in [0.25, 0.3) is 10.2 Å². The minimum Gasteiger partial charge on any atom is -0.506 e. The van der Waals surface area contributed by atoms with E-state index >= 15 is 0 Å². The number of carbonyl (C=O) groups is 3. The second-order valence-electron chi connectivity index (χ2n) is 10.1. The zero-order valence-electron chi connectivity index (χ0n) is 26.2. The van der Waals surface area contributed by atoms with Crippen LogP contribution in [-0.2, 0) is 32.0 Å². The third kappa shape index (κ3) is 14.6. The maximum absolute atomic E-state index is 13.0. The number of fused-ring (bicyclic) bond motifs is 1. The predicted molar refractivity (Wildman–Crippen MR) is 180 cm³/mol. The van der Waals surface area contributed by atoms with Crippen LogP contribution in [0.2, 0.25) is 5.02 Å². The van der Waals surface area contributed by atoms with E-state index < -0.39 is 11.9 Å². The SMILES string of the molecule is CCN(CC)CCN(CCNCCc1ccc(O)c2[nH]c(=O)sc12)C(=O)CCOCCc1cccc(Cl)c1.O=C(O)/C=C\C(=O)O. The smallest absolute Gasteiger partial charge is 0.328 e. The van der Waals surface area contributed by atoms with Crippen LogP contribution >= 0.6 is 22.9 Å². The van der Waals surface area contributed by atoms with Gasteiger partial charge in [-0.2, -0.15) is 0 Å². The average molecular weight is 679 g/mol. The van der Waals surface area contributed by atoms with Crippen molar-refractivity contribution in [3.63, 3.8) is 0 Å². The number of phenolic OH excluding ortho intramolecular Hbond substituents is 1. The number of hydrogen-bond donors (Lipinski definition) is 5. The van der Waals surface area contributed by atoms with Crippen molar-refractivity contribution < 1.29 is 34.4 Å². The molecule has 1 aromatic heterocycles. The molecule has 14 heteroatoms. The minimum atomic E-state index is -1.26. The van der Waals surface area contributed by atoms with E-state index in [1.165, 1.54) is 0 Å². The molecule has 0 saturated heterocycles. The Hall–Kier alpha value is -3.75. The van der Waals surface area contributed by atoms with E-state index in [1.807, 2.05) is 35.2 Å². The van der Waals surface area contributed by atoms with Crippen molar-refractivity contribution in [1.29, 1.82) is 0 Å². The summed E-state index contributed by atoms with van der Waals surface area (Å²) in [5, 5.41) is 29.7. The molecule has 46 heavy (non-hydrogen) atoms. The number of nitrogens with one attached hydrogen (secondary N) is 2. The van der Waals surface area contributed by atoms with E-state index in [-0.39, 0.29) is 16.5 Å². The highest BCUT2D eigenvalue weighted by Gasteiger charge is 2.15. The Kier molecular flexibility index (Phi) is 17.6. The van der Waals surface area contributed by atoms with Crippen LogP contribution in [0.15, 0.2) is 53.3 Å². The van der Waals surface area contributed by atoms with E-state index in [1.54, 1.807) is 6.07 Å². The molecule has 0 unspecified atom stereocenters. The first kappa shape index (κ1) is 38.4. The molecular formula is C32H43ClN4O8S. The van der Waals surface area contributed by atoms with Crippen LogP contribution in [-0.4, -0.2) is 107 Å². The van der Waals surface area contributed by atoms with Gasteiger partial charge in [0.25, 0.3) is 0 Å². The Morgan fingerprint density at radius 1 is 0.978 bits per heavy atom. The number of phenols is 1. The number of benzene rings is 2. The van der Waals surface area contributed by atoms with E-state index in [9.17, 15) is 24.3 Å². The lowest BCUT2D eigenvalue weighted by Gasteiger charge is -2.27. The molecule has 3 aromatic rings. The third-order valence-corrected chi connectivity index (χ3v) is 8.15. The van der Waals surface area contributed by atoms with Crippen LogP contribution in [0, 0.1) is 0 Å². The number of aromatic nitrogens is 1. The molecule has 5 N–H and O–H groups in total. The molecule has 12 nitrogen and oxygen atoms in total. The van der Waals surface area contributed by atoms with E-state index in [2.05, 4.69) is 29.0 Å². The van der Waals surface area contributed by atoms with Crippen LogP contribution in [0.5, 0.6) is 5.75 Å². The molecule has 0 fully saturated rings. The summed E-state index contributed by atoms with van der Waals surface area (Å²) < 4.78 is 6.54. The lowest BCUT2D eigenvalue weighted by molar-refractivity contribution is -0.134. The van der Waals surface area contributed by atoms with Gasteiger partial charge in [0.15, 0.2) is 0 Å². The second-order valence-corrected chi connectivity index (χ2v) is 11.5. The van der Waals surface area contributed by atoms with Crippen LogP contribution in [0.3, 0.4) is 0 Å². The predicted octanol–water partition coefficient (Wildman–Crippen LogP) is 3.61. The summed E-state index contributed by atoms with van der Waals surface area (Å²) in [6.07, 6.45) is 2.95. The molecule has 0 atom stereocenters. The molecule has 0 aliphatic rings. The summed E-state index contributed by atoms with van der Waals surface area (Å²) >= 11 is 7.15. The van der Waals surface area contributed by atoms with Gasteiger partial charge in [0.2, 0.25) is 5.91 Å². The van der Waals surface area contributed by atoms with Gasteiger partial charge in [0.1, 0.15) is 11.3 Å². The van der Waals surface area contributed by atoms with Gasteiger partial charge in [-0.05, 0) is 61.8 Å². The Morgan fingerprint density at radius 2 is 1.70 bits per heavy atom. The number of thiazole rings is 1. The molecular weight excluding hydrogens is 636 g/mol. The van der Waals surface area contributed by atoms with Crippen molar-refractivity contribution in [2.24, 2.45) is 0 Å². The normalized spacial score (nSPS) is 11.1. The van der Waals surface area contributed by atoms with Gasteiger partial charge in [0, 0.05) is 43.4 Å². The number of likely N-dealkylation sites (N-methyl/N-ethyl adjacent to an activating group) is 1. The summed E-state index contributed by atoms with van der Waals surface area (Å²) in [5.74, 6) is -2.33. The van der Waals surface area contributed by atoms with E-state index in [4.69, 9.17) is 26.6 Å². The number of carboxylic acid groups (broad SMARTS) is 2. The third-order valence-electron chi connectivity index (χ3n) is 6.95. The summed E-state index contributed by atoms with van der Waals surface area (Å²) in [6, 6.07) is 11.2. The van der Waals surface area contributed by atoms with Gasteiger partial charge < -0.3 is 40.2 Å². The fraction of sp³-hybridized carbons (Fsp3) is 0.438. The Morgan fingerprint density at radius 3 is 2.35 bits per heavy atom. The number of ether oxygens (including phenoxy) is 1. The quantitative estimate of drug-likeness (QED) is 0.0931. The number of aromatic hydroxyl groups is 1. The van der Waals surface area contributed by atoms with Crippen LogP contribution in [0.4, 0.5) is 0 Å². The first-order valence-electron chi connectivity index (χ1n) is 15.0. The topological polar surface area (TPSA) is 172 Å². The lowest BCUT2D eigenvalue weighted by Crippen LogP contribution is -2.42. The molecule has 1 amide bonds. The number of aromatic amines is 1. The zero-order valence-corrected chi connectivity index (χ0v) is 27.7. The molecule has 0 aliphatic carbocycles. The number of aliphatic carboxylic acids is 2. The van der Waals surface area contributed by atoms with Gasteiger partial charge >= 0.3 is 16.8 Å². The number of rotatable bonds is 19. The van der Waals surface area contributed by atoms with Crippen molar-refractivity contribution in [3.05, 3.63) is 74.4 Å². The monoisotopic (exact) mass is 678 g/mol. The summed E-state index contributed by atoms with van der Waals surface area (Å²) in [5.41, 5.74) is 2.63. The first-order chi connectivity index (χ1) is 22.0. The summed E-state index contributed by atoms with van der Waals surface area (Å²) in [4.78, 5) is 50.6. The van der Waals surface area contributed by atoms with Crippen LogP contribution < -0.4 is 10.2 Å². The highest BCUT2D eigenvalue weighted by Crippen LogP contribution is 2.27. The molecule has 252 valence electrons. The van der Waals surface area contributed by atoms with Crippen LogP contribution in [0.1, 0.15) is 31.4 Å². The van der Waals surface area contributed by atoms with Crippen molar-refractivity contribution >= 4 is 51.0 Å². The largest absolute Gasteiger partial charge is 0.506 e. The number of hydrogen-bond acceptors (Lipinski definition) is 9. The minimum absolute atomic E-state index is 0.0888. The Balaban J connectivity index is 0.000000812. The standard InChI is InChI=1S/C28H39ClN4O4S.C4H4O4/c1-3-32(4-2)16-17-33(25(35)12-19-37-18-11-21-6-5-7-23(29)20-21)15-14-30-13-10-22-8-9-24(34)26-27(22)38-28(36)31-26;5-3(6)1-2-4(7)8/h5-9,20,30,34H,3-4,10-19H2,1-2H3,(H,31,36);1-2H,(H,5,6)(H,7,8)/b;2-1-. The number of carbonyl (C=O) groups excluding carboxylic acids is 1. The van der Waals surface area contributed by atoms with Gasteiger partial charge in [0.05, 0.1) is 24.3 Å². The molecule has 0 spiro atoms. The molecule has 0 saturated carbocycles. The summed E-state index contributed by atoms with van der Waals surface area (Å²) in [7, 11) is 0. The molecule has 3 rings (SSSR count). The highest BCUT2D eigenvalue weighted by atomic mass is 35.5. The maximum Gasteiger partial charge on any atom is 0.328 e.